The zero-order chi connectivity index (χ0) is 14.7. The lowest BCUT2D eigenvalue weighted by molar-refractivity contribution is -0.130. The molecule has 1 aromatic carbocycles. The van der Waals surface area contributed by atoms with Crippen molar-refractivity contribution in [2.24, 2.45) is 0 Å². The minimum absolute atomic E-state index is 0.0144. The van der Waals surface area contributed by atoms with Gasteiger partial charge in [0.1, 0.15) is 11.6 Å². The van der Waals surface area contributed by atoms with Gasteiger partial charge in [0.2, 0.25) is 5.91 Å². The molecule has 6 heteroatoms. The molecule has 1 aromatic rings. The van der Waals surface area contributed by atoms with E-state index in [2.05, 4.69) is 0 Å². The van der Waals surface area contributed by atoms with Gasteiger partial charge >= 0.3 is 0 Å². The van der Waals surface area contributed by atoms with Crippen LogP contribution in [0.3, 0.4) is 0 Å². The van der Waals surface area contributed by atoms with Gasteiger partial charge in [0.15, 0.2) is 5.78 Å². The average molecular weight is 282 g/mol. The summed E-state index contributed by atoms with van der Waals surface area (Å²) < 4.78 is 26.3. The number of halogens is 2. The lowest BCUT2D eigenvalue weighted by atomic mass is 10.1. The van der Waals surface area contributed by atoms with Crippen molar-refractivity contribution in [2.45, 2.75) is 6.92 Å². The molecule has 0 spiro atoms. The highest BCUT2D eigenvalue weighted by Crippen LogP contribution is 2.12. The summed E-state index contributed by atoms with van der Waals surface area (Å²) in [5.41, 5.74) is -0.0969. The molecule has 0 atom stereocenters. The van der Waals surface area contributed by atoms with Crippen LogP contribution < -0.4 is 0 Å². The van der Waals surface area contributed by atoms with Crippen LogP contribution in [-0.2, 0) is 4.79 Å². The van der Waals surface area contributed by atoms with Crippen molar-refractivity contribution < 1.29 is 18.4 Å². The van der Waals surface area contributed by atoms with E-state index in [1.165, 1.54) is 13.0 Å². The van der Waals surface area contributed by atoms with Gasteiger partial charge in [-0.05, 0) is 12.1 Å². The van der Waals surface area contributed by atoms with Crippen LogP contribution in [0.4, 0.5) is 8.78 Å². The van der Waals surface area contributed by atoms with Gasteiger partial charge in [0, 0.05) is 39.2 Å². The molecule has 1 amide bonds. The van der Waals surface area contributed by atoms with Crippen LogP contribution in [0.2, 0.25) is 0 Å². The fraction of sp³-hybridized carbons (Fsp3) is 0.429. The normalized spacial score (nSPS) is 16.2. The van der Waals surface area contributed by atoms with Gasteiger partial charge in [-0.2, -0.15) is 0 Å². The number of hydrogen-bond acceptors (Lipinski definition) is 3. The lowest BCUT2D eigenvalue weighted by Gasteiger charge is -2.33. The molecule has 1 heterocycles. The van der Waals surface area contributed by atoms with Crippen LogP contribution in [0.15, 0.2) is 18.2 Å². The maximum atomic E-state index is 13.5. The Morgan fingerprint density at radius 3 is 2.35 bits per heavy atom. The topological polar surface area (TPSA) is 40.6 Å². The fourth-order valence-electron chi connectivity index (χ4n) is 2.22. The molecule has 0 bridgehead atoms. The van der Waals surface area contributed by atoms with E-state index in [9.17, 15) is 18.4 Å². The first-order valence-electron chi connectivity index (χ1n) is 6.43. The van der Waals surface area contributed by atoms with E-state index in [1.807, 2.05) is 4.90 Å². The largest absolute Gasteiger partial charge is 0.340 e. The Bertz CT molecular complexity index is 526. The SMILES string of the molecule is CC(=O)N1CCN(CC(=O)c2ccc(F)cc2F)CC1. The maximum absolute atomic E-state index is 13.5. The number of Topliss-reactive ketones (excluding diaryl/α,β-unsaturated/α-hetero) is 1. The number of piperazine rings is 1. The summed E-state index contributed by atoms with van der Waals surface area (Å²) in [4.78, 5) is 26.7. The third-order valence-electron chi connectivity index (χ3n) is 3.42. The molecule has 108 valence electrons. The standard InChI is InChI=1S/C14H16F2N2O2/c1-10(19)18-6-4-17(5-7-18)9-14(20)12-3-2-11(15)8-13(12)16/h2-3,8H,4-7,9H2,1H3. The minimum atomic E-state index is -0.836. The number of carbonyl (C=O) groups is 2. The third-order valence-corrected chi connectivity index (χ3v) is 3.42. The van der Waals surface area contributed by atoms with E-state index in [1.54, 1.807) is 4.90 Å². The van der Waals surface area contributed by atoms with E-state index in [4.69, 9.17) is 0 Å². The van der Waals surface area contributed by atoms with Crippen molar-refractivity contribution >= 4 is 11.7 Å². The molecule has 20 heavy (non-hydrogen) atoms. The summed E-state index contributed by atoms with van der Waals surface area (Å²) in [6.07, 6.45) is 0. The van der Waals surface area contributed by atoms with Gasteiger partial charge < -0.3 is 4.90 Å². The summed E-state index contributed by atoms with van der Waals surface area (Å²) >= 11 is 0. The Labute approximate surface area is 116 Å². The number of carbonyl (C=O) groups excluding carboxylic acids is 2. The summed E-state index contributed by atoms with van der Waals surface area (Å²) in [6, 6.07) is 2.95. The number of rotatable bonds is 3. The van der Waals surface area contributed by atoms with Crippen LogP contribution >= 0.6 is 0 Å². The van der Waals surface area contributed by atoms with Gasteiger partial charge in [-0.1, -0.05) is 0 Å². The van der Waals surface area contributed by atoms with Gasteiger partial charge in [-0.15, -0.1) is 0 Å². The van der Waals surface area contributed by atoms with Crippen LogP contribution in [0.5, 0.6) is 0 Å². The third kappa shape index (κ3) is 3.39. The van der Waals surface area contributed by atoms with Crippen molar-refractivity contribution in [3.05, 3.63) is 35.4 Å². The van der Waals surface area contributed by atoms with E-state index in [-0.39, 0.29) is 23.8 Å². The van der Waals surface area contributed by atoms with Crippen molar-refractivity contribution in [2.75, 3.05) is 32.7 Å². The Morgan fingerprint density at radius 2 is 1.80 bits per heavy atom. The zero-order valence-corrected chi connectivity index (χ0v) is 11.2. The molecule has 0 saturated carbocycles. The molecule has 0 N–H and O–H groups in total. The predicted octanol–water partition coefficient (Wildman–Crippen LogP) is 1.31. The van der Waals surface area contributed by atoms with Crippen molar-refractivity contribution in [1.82, 2.24) is 9.80 Å². The van der Waals surface area contributed by atoms with Crippen LogP contribution in [0.1, 0.15) is 17.3 Å². The number of benzene rings is 1. The summed E-state index contributed by atoms with van der Waals surface area (Å²) in [6.45, 7) is 3.87. The van der Waals surface area contributed by atoms with E-state index in [0.29, 0.717) is 32.2 Å². The van der Waals surface area contributed by atoms with E-state index in [0.717, 1.165) is 6.07 Å². The molecular weight excluding hydrogens is 266 g/mol. The molecule has 0 aliphatic carbocycles. The highest BCUT2D eigenvalue weighted by atomic mass is 19.1. The first kappa shape index (κ1) is 14.6. The van der Waals surface area contributed by atoms with Crippen molar-refractivity contribution in [3.8, 4) is 0 Å². The Morgan fingerprint density at radius 1 is 1.15 bits per heavy atom. The quantitative estimate of drug-likeness (QED) is 0.785. The molecule has 0 radical (unpaired) electrons. The van der Waals surface area contributed by atoms with E-state index < -0.39 is 11.6 Å². The highest BCUT2D eigenvalue weighted by molar-refractivity contribution is 5.97. The second-order valence-electron chi connectivity index (χ2n) is 4.83. The Balaban J connectivity index is 1.94. The molecule has 1 fully saturated rings. The summed E-state index contributed by atoms with van der Waals surface area (Å²) in [5, 5.41) is 0. The fourth-order valence-corrected chi connectivity index (χ4v) is 2.22. The average Bonchev–Trinajstić information content (AvgIpc) is 2.39. The minimum Gasteiger partial charge on any atom is -0.340 e. The summed E-state index contributed by atoms with van der Waals surface area (Å²) in [7, 11) is 0. The second kappa shape index (κ2) is 6.09. The number of nitrogens with zero attached hydrogens (tertiary/aromatic N) is 2. The smallest absolute Gasteiger partial charge is 0.219 e. The van der Waals surface area contributed by atoms with E-state index >= 15 is 0 Å². The van der Waals surface area contributed by atoms with Gasteiger partial charge in [-0.25, -0.2) is 8.78 Å². The van der Waals surface area contributed by atoms with Crippen LogP contribution in [0, 0.1) is 11.6 Å². The van der Waals surface area contributed by atoms with Crippen LogP contribution in [-0.4, -0.2) is 54.2 Å². The number of hydrogen-bond donors (Lipinski definition) is 0. The molecule has 1 aliphatic heterocycles. The van der Waals surface area contributed by atoms with Crippen molar-refractivity contribution in [3.63, 3.8) is 0 Å². The Kier molecular flexibility index (Phi) is 4.44. The molecular formula is C14H16F2N2O2. The zero-order valence-electron chi connectivity index (χ0n) is 11.2. The number of ketones is 1. The van der Waals surface area contributed by atoms with Crippen LogP contribution in [0.25, 0.3) is 0 Å². The molecule has 1 aliphatic rings. The monoisotopic (exact) mass is 282 g/mol. The molecule has 2 rings (SSSR count). The molecule has 0 unspecified atom stereocenters. The molecule has 4 nitrogen and oxygen atoms in total. The number of amides is 1. The molecule has 0 aromatic heterocycles. The Hall–Kier alpha value is -1.82. The first-order chi connectivity index (χ1) is 9.47. The van der Waals surface area contributed by atoms with Gasteiger partial charge in [-0.3, -0.25) is 14.5 Å². The summed E-state index contributed by atoms with van der Waals surface area (Å²) in [5.74, 6) is -1.90. The molecule has 1 saturated heterocycles. The van der Waals surface area contributed by atoms with Crippen molar-refractivity contribution in [1.29, 1.82) is 0 Å². The maximum Gasteiger partial charge on any atom is 0.219 e. The first-order valence-corrected chi connectivity index (χ1v) is 6.43. The predicted molar refractivity (Wildman–Crippen MR) is 69.4 cm³/mol. The second-order valence-corrected chi connectivity index (χ2v) is 4.83. The lowest BCUT2D eigenvalue weighted by Crippen LogP contribution is -2.49. The van der Waals surface area contributed by atoms with Gasteiger partial charge in [0.05, 0.1) is 12.1 Å². The highest BCUT2D eigenvalue weighted by Gasteiger charge is 2.22. The van der Waals surface area contributed by atoms with Gasteiger partial charge in [0.25, 0.3) is 0 Å².